The molecular weight excluding hydrogens is 414 g/mol. The second-order valence-corrected chi connectivity index (χ2v) is 4.99. The zero-order chi connectivity index (χ0) is 21.2. The van der Waals surface area contributed by atoms with Crippen LogP contribution in [0.5, 0.6) is 0 Å². The minimum Gasteiger partial charge on any atom is -0.547 e. The van der Waals surface area contributed by atoms with Crippen LogP contribution in [0.15, 0.2) is 0 Å². The third-order valence-corrected chi connectivity index (χ3v) is 2.99. The smallest absolute Gasteiger partial charge is 0.547 e. The summed E-state index contributed by atoms with van der Waals surface area (Å²) in [5.41, 5.74) is 0. The van der Waals surface area contributed by atoms with Crippen LogP contribution in [0, 0.1) is 0 Å². The number of carbonyl (C=O) groups excluding carboxylic acids is 2. The minimum atomic E-state index is -2.31. The molecule has 0 rings (SSSR count). The largest absolute Gasteiger partial charge is 1.00 e. The zero-order valence-electron chi connectivity index (χ0n) is 15.1. The summed E-state index contributed by atoms with van der Waals surface area (Å²) in [6, 6.07) is 0. The Hall–Kier alpha value is 0.540. The molecule has 0 saturated heterocycles. The Labute approximate surface area is 202 Å². The molecule has 0 aliphatic heterocycles. The third kappa shape index (κ3) is 13.0. The molecule has 0 aromatic rings. The maximum absolute atomic E-state index is 9.98. The van der Waals surface area contributed by atoms with Crippen molar-refractivity contribution in [3.05, 3.63) is 0 Å². The SMILES string of the molecule is O=C([O-])[C@H](O)[C@@H](O)[C@H](O)[C@H](O)CO.O=C([O-])[C@H](O)[C@@H](O)[C@H](O)[C@H](O)CO.[Na+].[Na+]. The van der Waals surface area contributed by atoms with E-state index in [0.29, 0.717) is 0 Å². The first-order valence-electron chi connectivity index (χ1n) is 6.91. The average molecular weight is 436 g/mol. The number of carboxylic acids is 2. The Morgan fingerprint density at radius 1 is 0.571 bits per heavy atom. The predicted molar refractivity (Wildman–Crippen MR) is 72.2 cm³/mol. The number of aliphatic hydroxyl groups is 10. The molecule has 0 unspecified atom stereocenters. The molecule has 0 radical (unpaired) electrons. The summed E-state index contributed by atoms with van der Waals surface area (Å²) in [6.45, 7) is -1.73. The topological polar surface area (TPSA) is 283 Å². The van der Waals surface area contributed by atoms with Crippen molar-refractivity contribution in [1.29, 1.82) is 0 Å². The van der Waals surface area contributed by atoms with Gasteiger partial charge in [0.05, 0.1) is 25.2 Å². The fraction of sp³-hybridized carbons (Fsp3) is 0.833. The van der Waals surface area contributed by atoms with Crippen LogP contribution in [0.4, 0.5) is 0 Å². The molecule has 0 saturated carbocycles. The first-order chi connectivity index (χ1) is 11.8. The standard InChI is InChI=1S/2C6H12O7.2Na/c2*7-1-2(8)3(9)4(10)5(11)6(12)13;;/h2*2-5,7-11H,1H2,(H,12,13);;/q;;2*+1/p-2/t2*2-,3-,4+,5-;;/m11../s1. The van der Waals surface area contributed by atoms with Gasteiger partial charge in [0, 0.05) is 0 Å². The van der Waals surface area contributed by atoms with Crippen LogP contribution in [0.2, 0.25) is 0 Å². The fourth-order valence-corrected chi connectivity index (χ4v) is 1.32. The number of carbonyl (C=O) groups is 2. The fourth-order valence-electron chi connectivity index (χ4n) is 1.32. The van der Waals surface area contributed by atoms with Crippen LogP contribution in [-0.4, -0.2) is 125 Å². The summed E-state index contributed by atoms with van der Waals surface area (Å²) >= 11 is 0. The van der Waals surface area contributed by atoms with Gasteiger partial charge in [-0.15, -0.1) is 0 Å². The van der Waals surface area contributed by atoms with Crippen molar-refractivity contribution in [3.63, 3.8) is 0 Å². The van der Waals surface area contributed by atoms with E-state index in [9.17, 15) is 19.8 Å². The molecule has 0 aliphatic rings. The van der Waals surface area contributed by atoms with Crippen molar-refractivity contribution in [3.8, 4) is 0 Å². The number of aliphatic hydroxyl groups excluding tert-OH is 10. The van der Waals surface area contributed by atoms with Crippen molar-refractivity contribution in [2.45, 2.75) is 48.8 Å². The van der Waals surface area contributed by atoms with E-state index < -0.39 is 74.0 Å². The number of hydrogen-bond acceptors (Lipinski definition) is 14. The molecular formula is C12H22Na2O14. The molecule has 156 valence electrons. The third-order valence-electron chi connectivity index (χ3n) is 2.99. The number of hydrogen-bond donors (Lipinski definition) is 10. The molecule has 0 fully saturated rings. The van der Waals surface area contributed by atoms with Gasteiger partial charge < -0.3 is 70.9 Å². The molecule has 14 nitrogen and oxygen atoms in total. The van der Waals surface area contributed by atoms with E-state index in [1.807, 2.05) is 0 Å². The maximum atomic E-state index is 9.98. The number of carboxylic acid groups (broad SMARTS) is 2. The van der Waals surface area contributed by atoms with Gasteiger partial charge in [-0.05, 0) is 0 Å². The van der Waals surface area contributed by atoms with Crippen LogP contribution in [0.25, 0.3) is 0 Å². The predicted octanol–water partition coefficient (Wildman–Crippen LogP) is -15.6. The van der Waals surface area contributed by atoms with Crippen molar-refractivity contribution >= 4 is 11.9 Å². The van der Waals surface area contributed by atoms with E-state index in [0.717, 1.165) is 0 Å². The van der Waals surface area contributed by atoms with Gasteiger partial charge in [-0.1, -0.05) is 0 Å². The maximum Gasteiger partial charge on any atom is 1.00 e. The Balaban J connectivity index is -0.000000192. The molecule has 0 bridgehead atoms. The second kappa shape index (κ2) is 18.3. The van der Waals surface area contributed by atoms with Crippen molar-refractivity contribution < 1.29 is 130 Å². The summed E-state index contributed by atoms with van der Waals surface area (Å²) in [6.07, 6.45) is -16.2. The molecule has 28 heavy (non-hydrogen) atoms. The molecule has 0 heterocycles. The van der Waals surface area contributed by atoms with Gasteiger partial charge in [0.25, 0.3) is 0 Å². The second-order valence-electron chi connectivity index (χ2n) is 4.99. The molecule has 10 N–H and O–H groups in total. The van der Waals surface area contributed by atoms with Crippen molar-refractivity contribution in [2.75, 3.05) is 13.2 Å². The molecule has 8 atom stereocenters. The Morgan fingerprint density at radius 3 is 0.929 bits per heavy atom. The minimum absolute atomic E-state index is 0. The van der Waals surface area contributed by atoms with E-state index in [1.165, 1.54) is 0 Å². The molecule has 0 amide bonds. The quantitative estimate of drug-likeness (QED) is 0.142. The summed E-state index contributed by atoms with van der Waals surface area (Å²) in [7, 11) is 0. The van der Waals surface area contributed by atoms with Crippen LogP contribution < -0.4 is 69.3 Å². The first kappa shape index (κ1) is 35.9. The van der Waals surface area contributed by atoms with E-state index in [2.05, 4.69) is 0 Å². The van der Waals surface area contributed by atoms with E-state index >= 15 is 0 Å². The van der Waals surface area contributed by atoms with E-state index in [1.54, 1.807) is 0 Å². The first-order valence-corrected chi connectivity index (χ1v) is 6.91. The van der Waals surface area contributed by atoms with Crippen molar-refractivity contribution in [2.24, 2.45) is 0 Å². The number of aliphatic carboxylic acids is 2. The molecule has 16 heteroatoms. The normalized spacial score (nSPS) is 18.9. The zero-order valence-corrected chi connectivity index (χ0v) is 19.1. The molecule has 0 spiro atoms. The van der Waals surface area contributed by atoms with E-state index in [-0.39, 0.29) is 59.1 Å². The van der Waals surface area contributed by atoms with Gasteiger partial charge in [-0.3, -0.25) is 0 Å². The van der Waals surface area contributed by atoms with E-state index in [4.69, 9.17) is 51.1 Å². The van der Waals surface area contributed by atoms with Crippen LogP contribution in [0.1, 0.15) is 0 Å². The van der Waals surface area contributed by atoms with Gasteiger partial charge >= 0.3 is 59.1 Å². The molecule has 0 aliphatic carbocycles. The average Bonchev–Trinajstić information content (AvgIpc) is 2.62. The summed E-state index contributed by atoms with van der Waals surface area (Å²) < 4.78 is 0. The molecule has 0 aromatic heterocycles. The van der Waals surface area contributed by atoms with Crippen molar-refractivity contribution in [1.82, 2.24) is 0 Å². The van der Waals surface area contributed by atoms with Crippen LogP contribution in [-0.2, 0) is 9.59 Å². The monoisotopic (exact) mass is 436 g/mol. The van der Waals surface area contributed by atoms with Gasteiger partial charge in [0.15, 0.2) is 0 Å². The van der Waals surface area contributed by atoms with Gasteiger partial charge in [-0.2, -0.15) is 0 Å². The molecule has 0 aromatic carbocycles. The van der Waals surface area contributed by atoms with Gasteiger partial charge in [-0.25, -0.2) is 0 Å². The number of rotatable bonds is 10. The summed E-state index contributed by atoms with van der Waals surface area (Å²) in [5, 5.41) is 107. The van der Waals surface area contributed by atoms with Gasteiger partial charge in [0.1, 0.15) is 48.8 Å². The Bertz CT molecular complexity index is 389. The summed E-state index contributed by atoms with van der Waals surface area (Å²) in [5.74, 6) is -3.95. The Morgan fingerprint density at radius 2 is 0.786 bits per heavy atom. The van der Waals surface area contributed by atoms with Crippen LogP contribution in [0.3, 0.4) is 0 Å². The Kier molecular flexibility index (Phi) is 23.5. The van der Waals surface area contributed by atoms with Gasteiger partial charge in [0.2, 0.25) is 0 Å². The van der Waals surface area contributed by atoms with Crippen LogP contribution >= 0.6 is 0 Å². The summed E-state index contributed by atoms with van der Waals surface area (Å²) in [4.78, 5) is 20.0.